The molecule has 6 rings (SSSR count). The average Bonchev–Trinajstić information content (AvgIpc) is 3.30. The molecule has 3 heterocycles. The summed E-state index contributed by atoms with van der Waals surface area (Å²) >= 11 is 12.7. The lowest BCUT2D eigenvalue weighted by Gasteiger charge is -2.29. The summed E-state index contributed by atoms with van der Waals surface area (Å²) in [6, 6.07) is 16.3. The molecule has 238 valence electrons. The van der Waals surface area contributed by atoms with E-state index in [9.17, 15) is 18.8 Å². The molecule has 0 atom stereocenters. The van der Waals surface area contributed by atoms with Crippen molar-refractivity contribution >= 4 is 40.1 Å². The molecule has 0 bridgehead atoms. The lowest BCUT2D eigenvalue weighted by Crippen LogP contribution is -3.13. The smallest absolute Gasteiger partial charge is 0.344 e. The highest BCUT2D eigenvalue weighted by Gasteiger charge is 2.27. The molecule has 3 aromatic carbocycles. The number of H-pyrrole nitrogens is 1. The van der Waals surface area contributed by atoms with Crippen LogP contribution >= 0.6 is 23.2 Å². The lowest BCUT2D eigenvalue weighted by molar-refractivity contribution is -0.906. The van der Waals surface area contributed by atoms with Gasteiger partial charge in [0, 0.05) is 54.5 Å². The third-order valence-electron chi connectivity index (χ3n) is 8.86. The minimum atomic E-state index is -0.415. The maximum absolute atomic E-state index is 13.5. The average molecular weight is 666 g/mol. The minimum Gasteiger partial charge on any atom is -0.348 e. The summed E-state index contributed by atoms with van der Waals surface area (Å²) in [6.07, 6.45) is 5.97. The zero-order valence-corrected chi connectivity index (χ0v) is 26.9. The highest BCUT2D eigenvalue weighted by molar-refractivity contribution is 6.31. The fraction of sp³-hybridized carbons (Fsp3) is 0.294. The number of hydrogen-bond acceptors (Lipinski definition) is 3. The molecule has 1 aliphatic heterocycles. The number of imidazole rings is 1. The molecule has 12 heteroatoms. The Kier molecular flexibility index (Phi) is 9.39. The third kappa shape index (κ3) is 6.65. The van der Waals surface area contributed by atoms with Crippen LogP contribution in [-0.4, -0.2) is 39.2 Å². The van der Waals surface area contributed by atoms with Crippen molar-refractivity contribution in [2.75, 3.05) is 19.6 Å². The van der Waals surface area contributed by atoms with Gasteiger partial charge in [-0.1, -0.05) is 29.3 Å². The van der Waals surface area contributed by atoms with Gasteiger partial charge >= 0.3 is 11.2 Å². The number of fused-ring (bicyclic) bond motifs is 1. The normalized spacial score (nSPS) is 16.5. The van der Waals surface area contributed by atoms with Crippen LogP contribution in [0.4, 0.5) is 4.39 Å². The van der Waals surface area contributed by atoms with Crippen molar-refractivity contribution in [3.05, 3.63) is 121 Å². The van der Waals surface area contributed by atoms with Gasteiger partial charge in [-0.2, -0.15) is 4.57 Å². The number of carbonyl (C=O) groups excluding carboxylic acids is 1. The maximum Gasteiger partial charge on any atom is 0.344 e. The Morgan fingerprint density at radius 3 is 2.54 bits per heavy atom. The van der Waals surface area contributed by atoms with E-state index in [2.05, 4.69) is 10.3 Å². The quantitative estimate of drug-likeness (QED) is 0.252. The molecule has 5 aromatic rings. The summed E-state index contributed by atoms with van der Waals surface area (Å²) in [7, 11) is 1.80. The second-order valence-corrected chi connectivity index (χ2v) is 12.6. The molecule has 9 nitrogen and oxygen atoms in total. The predicted octanol–water partition coefficient (Wildman–Crippen LogP) is 3.67. The van der Waals surface area contributed by atoms with Gasteiger partial charge in [0.2, 0.25) is 6.33 Å². The van der Waals surface area contributed by atoms with Crippen LogP contribution in [-0.2, 0) is 20.1 Å². The molecule has 3 N–H and O–H groups in total. The SMILES string of the molecule is Cn1c(=O)n(C2CC[NH+](CCCn3c[nH+]cc(-c4ccc(Cl)c(CNC(=O)c5ccc(F)cc5)c4)c3=O)CC2)c2cc(Cl)ccc21. The molecule has 1 amide bonds. The van der Waals surface area contributed by atoms with Crippen molar-refractivity contribution < 1.29 is 19.1 Å². The van der Waals surface area contributed by atoms with Crippen LogP contribution in [0.2, 0.25) is 10.0 Å². The summed E-state index contributed by atoms with van der Waals surface area (Å²) in [5.41, 5.74) is 3.82. The van der Waals surface area contributed by atoms with Gasteiger partial charge in [0.1, 0.15) is 17.6 Å². The Balaban J connectivity index is 1.06. The number of hydrogen-bond donors (Lipinski definition) is 2. The van der Waals surface area contributed by atoms with Crippen LogP contribution < -0.4 is 26.4 Å². The molecule has 46 heavy (non-hydrogen) atoms. The Morgan fingerprint density at radius 1 is 1.02 bits per heavy atom. The number of rotatable bonds is 9. The van der Waals surface area contributed by atoms with Crippen molar-refractivity contribution in [2.45, 2.75) is 38.4 Å². The number of aromatic nitrogens is 4. The number of piperidine rings is 1. The highest BCUT2D eigenvalue weighted by atomic mass is 35.5. The summed E-state index contributed by atoms with van der Waals surface area (Å²) in [4.78, 5) is 43.5. The Morgan fingerprint density at radius 2 is 1.78 bits per heavy atom. The van der Waals surface area contributed by atoms with Crippen LogP contribution in [0.3, 0.4) is 0 Å². The van der Waals surface area contributed by atoms with Crippen molar-refractivity contribution in [1.82, 2.24) is 19.0 Å². The predicted molar refractivity (Wildman–Crippen MR) is 176 cm³/mol. The van der Waals surface area contributed by atoms with Gasteiger partial charge < -0.3 is 10.2 Å². The maximum atomic E-state index is 13.5. The minimum absolute atomic E-state index is 0.0104. The summed E-state index contributed by atoms with van der Waals surface area (Å²) in [5.74, 6) is -0.766. The number of nitrogens with one attached hydrogen (secondary N) is 3. The zero-order chi connectivity index (χ0) is 32.4. The molecular weight excluding hydrogens is 630 g/mol. The molecule has 0 spiro atoms. The summed E-state index contributed by atoms with van der Waals surface area (Å²) in [5, 5.41) is 3.89. The van der Waals surface area contributed by atoms with E-state index in [4.69, 9.17) is 23.2 Å². The van der Waals surface area contributed by atoms with Crippen LogP contribution in [0.15, 0.2) is 82.8 Å². The topological polar surface area (TPSA) is 96.6 Å². The van der Waals surface area contributed by atoms with E-state index in [0.717, 1.165) is 49.9 Å². The van der Waals surface area contributed by atoms with Crippen LogP contribution in [0, 0.1) is 5.82 Å². The summed E-state index contributed by atoms with van der Waals surface area (Å²) in [6.45, 7) is 3.51. The molecule has 1 saturated heterocycles. The largest absolute Gasteiger partial charge is 0.348 e. The number of aromatic amines is 1. The van der Waals surface area contributed by atoms with Crippen molar-refractivity contribution in [3.63, 3.8) is 0 Å². The number of benzene rings is 3. The third-order valence-corrected chi connectivity index (χ3v) is 9.46. The first-order valence-electron chi connectivity index (χ1n) is 15.3. The number of aryl methyl sites for hydroxylation is 2. The van der Waals surface area contributed by atoms with Crippen LogP contribution in [0.25, 0.3) is 22.2 Å². The standard InChI is InChI=1S/C34H33Cl2FN6O3/c1-40-30-10-6-25(35)18-31(30)43(34(40)46)27-11-15-41(16-12-27)13-2-14-42-21-38-20-28(33(42)45)23-5-9-29(36)24(17-23)19-39-32(44)22-3-7-26(37)8-4-22/h3-10,17-18,20-21,27H,2,11-16,19H2,1H3,(H,39,44)/p+2. The number of amides is 1. The lowest BCUT2D eigenvalue weighted by atomic mass is 10.0. The molecule has 0 saturated carbocycles. The van der Waals surface area contributed by atoms with Crippen LogP contribution in [0.5, 0.6) is 0 Å². The van der Waals surface area contributed by atoms with E-state index in [0.29, 0.717) is 38.8 Å². The van der Waals surface area contributed by atoms with Crippen LogP contribution in [0.1, 0.15) is 41.2 Å². The van der Waals surface area contributed by atoms with Gasteiger partial charge in [0.25, 0.3) is 5.91 Å². The summed E-state index contributed by atoms with van der Waals surface area (Å²) < 4.78 is 18.5. The van der Waals surface area contributed by atoms with Gasteiger partial charge in [-0.05, 0) is 65.7 Å². The van der Waals surface area contributed by atoms with Crippen molar-refractivity contribution in [2.24, 2.45) is 7.05 Å². The molecule has 0 unspecified atom stereocenters. The van der Waals surface area contributed by atoms with E-state index in [1.54, 1.807) is 46.9 Å². The number of quaternary nitrogens is 1. The van der Waals surface area contributed by atoms with Gasteiger partial charge in [0.05, 0.1) is 37.2 Å². The molecule has 0 radical (unpaired) electrons. The second kappa shape index (κ2) is 13.6. The molecule has 2 aromatic heterocycles. The number of likely N-dealkylation sites (tertiary alicyclic amines) is 1. The molecule has 0 aliphatic carbocycles. The fourth-order valence-corrected chi connectivity index (χ4v) is 6.68. The van der Waals surface area contributed by atoms with Gasteiger partial charge in [-0.15, -0.1) is 0 Å². The molecule has 1 aliphatic rings. The number of nitrogens with zero attached hydrogens (tertiary/aromatic N) is 3. The van der Waals surface area contributed by atoms with E-state index in [-0.39, 0.29) is 29.7 Å². The van der Waals surface area contributed by atoms with E-state index >= 15 is 0 Å². The molecular formula is C34H35Cl2FN6O3+2. The fourth-order valence-electron chi connectivity index (χ4n) is 6.33. The van der Waals surface area contributed by atoms with Gasteiger partial charge in [-0.3, -0.25) is 18.9 Å². The Bertz CT molecular complexity index is 2010. The van der Waals surface area contributed by atoms with E-state index in [1.165, 1.54) is 29.2 Å². The molecule has 1 fully saturated rings. The Hall–Kier alpha value is -4.25. The van der Waals surface area contributed by atoms with Gasteiger partial charge in [0.15, 0.2) is 0 Å². The first-order chi connectivity index (χ1) is 22.2. The van der Waals surface area contributed by atoms with E-state index in [1.807, 2.05) is 22.8 Å². The van der Waals surface area contributed by atoms with Crippen molar-refractivity contribution in [3.8, 4) is 11.1 Å². The highest BCUT2D eigenvalue weighted by Crippen LogP contribution is 2.25. The first kappa shape index (κ1) is 31.7. The van der Waals surface area contributed by atoms with Gasteiger partial charge in [-0.25, -0.2) is 14.0 Å². The monoisotopic (exact) mass is 664 g/mol. The number of halogens is 3. The first-order valence-corrected chi connectivity index (χ1v) is 16.1. The van der Waals surface area contributed by atoms with E-state index < -0.39 is 5.82 Å². The second-order valence-electron chi connectivity index (χ2n) is 11.8. The number of carbonyl (C=O) groups is 1. The Labute approximate surface area is 274 Å². The zero-order valence-electron chi connectivity index (χ0n) is 25.4. The van der Waals surface area contributed by atoms with Crippen molar-refractivity contribution in [1.29, 1.82) is 0 Å².